The van der Waals surface area contributed by atoms with Crippen molar-refractivity contribution >= 4 is 47.4 Å². The van der Waals surface area contributed by atoms with Crippen LogP contribution < -0.4 is 20.2 Å². The minimum Gasteiger partial charge on any atom is -0.464 e. The van der Waals surface area contributed by atoms with Gasteiger partial charge < -0.3 is 24.6 Å². The lowest BCUT2D eigenvalue weighted by molar-refractivity contribution is -0.148. The van der Waals surface area contributed by atoms with Crippen molar-refractivity contribution in [3.63, 3.8) is 0 Å². The zero-order valence-corrected chi connectivity index (χ0v) is 27.7. The van der Waals surface area contributed by atoms with E-state index >= 15 is 0 Å². The van der Waals surface area contributed by atoms with Gasteiger partial charge in [0, 0.05) is 19.5 Å². The lowest BCUT2D eigenvalue weighted by Gasteiger charge is -2.25. The number of hydrogen-bond donors (Lipinski definition) is 2. The van der Waals surface area contributed by atoms with E-state index in [4.69, 9.17) is 30.7 Å². The molecule has 2 aromatic heterocycles. The smallest absolute Gasteiger partial charge is 0.459 e. The Morgan fingerprint density at radius 3 is 2.70 bits per heavy atom. The molecule has 4 aromatic rings. The van der Waals surface area contributed by atoms with Crippen molar-refractivity contribution in [1.82, 2.24) is 24.6 Å². The molecule has 5 rings (SSSR count). The van der Waals surface area contributed by atoms with Crippen LogP contribution in [0.2, 0.25) is 0 Å². The summed E-state index contributed by atoms with van der Waals surface area (Å²) in [5.74, 6) is 2.79. The summed E-state index contributed by atoms with van der Waals surface area (Å²) in [6, 6.07) is 11.9. The third-order valence-corrected chi connectivity index (χ3v) is 8.91. The summed E-state index contributed by atoms with van der Waals surface area (Å²) in [7, 11) is -0.518. The molecule has 3 heterocycles. The minimum absolute atomic E-state index is 0.0841. The van der Waals surface area contributed by atoms with Crippen LogP contribution in [0, 0.1) is 23.7 Å². The molecule has 46 heavy (non-hydrogen) atoms. The molecule has 0 unspecified atom stereocenters. The van der Waals surface area contributed by atoms with E-state index in [0.29, 0.717) is 29.2 Å². The van der Waals surface area contributed by atoms with Crippen molar-refractivity contribution in [2.75, 3.05) is 37.9 Å². The Labute approximate surface area is 268 Å². The number of carbonyl (C=O) groups excluding carboxylic acids is 1. The molecule has 13 nitrogen and oxygen atoms in total. The van der Waals surface area contributed by atoms with Gasteiger partial charge in [-0.3, -0.25) is 13.9 Å². The van der Waals surface area contributed by atoms with Gasteiger partial charge in [0.05, 0.1) is 31.6 Å². The van der Waals surface area contributed by atoms with Crippen molar-refractivity contribution < 1.29 is 27.9 Å². The number of carbonyl (C=O) groups is 1. The van der Waals surface area contributed by atoms with Crippen molar-refractivity contribution in [3.05, 3.63) is 48.8 Å². The molecule has 5 atom stereocenters. The summed E-state index contributed by atoms with van der Waals surface area (Å²) in [4.78, 5) is 27.8. The Morgan fingerprint density at radius 2 is 1.98 bits per heavy atom. The van der Waals surface area contributed by atoms with Crippen molar-refractivity contribution in [3.8, 4) is 18.1 Å². The van der Waals surface area contributed by atoms with Crippen LogP contribution in [0.25, 0.3) is 21.9 Å². The molecule has 2 aromatic carbocycles. The molecule has 14 heteroatoms. The van der Waals surface area contributed by atoms with E-state index in [1.54, 1.807) is 34.9 Å². The second-order valence-electron chi connectivity index (χ2n) is 12.7. The van der Waals surface area contributed by atoms with Crippen LogP contribution in [0.5, 0.6) is 5.75 Å². The fraction of sp³-hybridized carbons (Fsp3) is 0.438. The van der Waals surface area contributed by atoms with Crippen LogP contribution >= 0.6 is 7.75 Å². The zero-order chi connectivity index (χ0) is 33.2. The lowest BCUT2D eigenvalue weighted by Crippen LogP contribution is -2.37. The summed E-state index contributed by atoms with van der Waals surface area (Å²) in [6.07, 6.45) is 6.68. The normalized spacial score (nSPS) is 20.2. The second-order valence-corrected chi connectivity index (χ2v) is 14.4. The first-order valence-electron chi connectivity index (χ1n) is 14.9. The van der Waals surface area contributed by atoms with Crippen LogP contribution in [0.1, 0.15) is 40.3 Å². The predicted molar refractivity (Wildman–Crippen MR) is 176 cm³/mol. The summed E-state index contributed by atoms with van der Waals surface area (Å²) in [5, 5.41) is 4.38. The maximum atomic E-state index is 14.4. The Kier molecular flexibility index (Phi) is 9.56. The van der Waals surface area contributed by atoms with Crippen LogP contribution in [0.3, 0.4) is 0 Å². The van der Waals surface area contributed by atoms with Gasteiger partial charge in [-0.25, -0.2) is 9.55 Å². The maximum Gasteiger partial charge on any atom is 0.459 e. The van der Waals surface area contributed by atoms with Gasteiger partial charge in [-0.05, 0) is 30.2 Å². The molecule has 0 radical (unpaired) electrons. The standard InChI is InChI=1S/C32H40N7O6P/c1-8-21-16-23(44-29(21)39-19-34-26-27(38(6)7)35-31(33)36-28(26)39)17-43-46(41,37-20(2)30(40)42-18-32(3,4)5)45-25-15-11-13-22-12-9-10-14-24(22)25/h1,9-15,19-21,23,29H,16-18H2,2-7H3,(H,37,41)(H2,33,35,36)/t20-,21-,23-,29+,46+/m0/s1. The van der Waals surface area contributed by atoms with Gasteiger partial charge in [-0.15, -0.1) is 6.42 Å². The summed E-state index contributed by atoms with van der Waals surface area (Å²) in [6.45, 7) is 7.43. The highest BCUT2D eigenvalue weighted by atomic mass is 31.2. The maximum absolute atomic E-state index is 14.4. The van der Waals surface area contributed by atoms with Crippen molar-refractivity contribution in [2.45, 2.75) is 52.5 Å². The molecule has 1 aliphatic heterocycles. The van der Waals surface area contributed by atoms with Gasteiger partial charge in [0.2, 0.25) is 5.95 Å². The Bertz CT molecular complexity index is 1810. The van der Waals surface area contributed by atoms with E-state index in [9.17, 15) is 9.36 Å². The first kappa shape index (κ1) is 33.2. The van der Waals surface area contributed by atoms with E-state index in [1.807, 2.05) is 65.2 Å². The average Bonchev–Trinajstić information content (AvgIpc) is 3.61. The number of nitrogen functional groups attached to an aromatic ring is 1. The van der Waals surface area contributed by atoms with E-state index in [2.05, 4.69) is 26.0 Å². The zero-order valence-electron chi connectivity index (χ0n) is 26.8. The number of imidazole rings is 1. The van der Waals surface area contributed by atoms with Crippen LogP contribution in [-0.2, 0) is 23.4 Å². The fourth-order valence-electron chi connectivity index (χ4n) is 5.06. The fourth-order valence-corrected chi connectivity index (χ4v) is 6.60. The van der Waals surface area contributed by atoms with Crippen molar-refractivity contribution in [2.24, 2.45) is 11.3 Å². The predicted octanol–water partition coefficient (Wildman–Crippen LogP) is 4.94. The quantitative estimate of drug-likeness (QED) is 0.128. The molecule has 0 amide bonds. The van der Waals surface area contributed by atoms with E-state index in [-0.39, 0.29) is 30.5 Å². The van der Waals surface area contributed by atoms with Crippen molar-refractivity contribution in [1.29, 1.82) is 0 Å². The van der Waals surface area contributed by atoms with Crippen LogP contribution in [0.15, 0.2) is 48.8 Å². The molecule has 1 fully saturated rings. The highest BCUT2D eigenvalue weighted by Crippen LogP contribution is 2.48. The minimum atomic E-state index is -4.19. The summed E-state index contributed by atoms with van der Waals surface area (Å²) >= 11 is 0. The number of rotatable bonds is 11. The highest BCUT2D eigenvalue weighted by molar-refractivity contribution is 7.52. The average molecular weight is 650 g/mol. The number of nitrogens with zero attached hydrogens (tertiary/aromatic N) is 5. The van der Waals surface area contributed by atoms with Crippen LogP contribution in [-0.4, -0.2) is 64.9 Å². The molecule has 0 bridgehead atoms. The molecule has 0 spiro atoms. The van der Waals surface area contributed by atoms with Gasteiger partial charge in [0.1, 0.15) is 11.8 Å². The first-order valence-corrected chi connectivity index (χ1v) is 16.5. The van der Waals surface area contributed by atoms with Gasteiger partial charge in [0.25, 0.3) is 0 Å². The SMILES string of the molecule is C#C[C@H]1C[C@@H](CO[P@](=O)(N[C@@H](C)C(=O)OCC(C)(C)C)Oc2cccc3ccccc23)O[C@H]1n1cnc2c(N(C)C)nc(N)nc21. The summed E-state index contributed by atoms with van der Waals surface area (Å²) in [5.41, 5.74) is 6.77. The van der Waals surface area contributed by atoms with E-state index in [0.717, 1.165) is 10.8 Å². The van der Waals surface area contributed by atoms with Crippen LogP contribution in [0.4, 0.5) is 11.8 Å². The van der Waals surface area contributed by atoms with Gasteiger partial charge in [0.15, 0.2) is 23.2 Å². The Hall–Kier alpha value is -4.21. The highest BCUT2D eigenvalue weighted by Gasteiger charge is 2.40. The number of hydrogen-bond acceptors (Lipinski definition) is 11. The number of nitrogens with one attached hydrogen (secondary N) is 1. The largest absolute Gasteiger partial charge is 0.464 e. The molecule has 1 aliphatic rings. The number of ether oxygens (including phenoxy) is 2. The molecule has 244 valence electrons. The summed E-state index contributed by atoms with van der Waals surface area (Å²) < 4.78 is 39.9. The molecular weight excluding hydrogens is 609 g/mol. The molecule has 1 saturated heterocycles. The number of terminal acetylenes is 1. The van der Waals surface area contributed by atoms with Gasteiger partial charge in [-0.2, -0.15) is 15.1 Å². The first-order chi connectivity index (χ1) is 21.8. The number of anilines is 2. The van der Waals surface area contributed by atoms with Gasteiger partial charge >= 0.3 is 13.7 Å². The molecule has 0 aliphatic carbocycles. The van der Waals surface area contributed by atoms with E-state index in [1.165, 1.54) is 0 Å². The van der Waals surface area contributed by atoms with Gasteiger partial charge in [-0.1, -0.05) is 63.1 Å². The molecular formula is C32H40N7O6P. The number of benzene rings is 2. The molecule has 0 saturated carbocycles. The lowest BCUT2D eigenvalue weighted by atomic mass is 9.99. The Morgan fingerprint density at radius 1 is 1.24 bits per heavy atom. The second kappa shape index (κ2) is 13.3. The number of esters is 1. The van der Waals surface area contributed by atoms with E-state index < -0.39 is 32.1 Å². The molecule has 3 N–H and O–H groups in total. The number of aromatic nitrogens is 4. The number of fused-ring (bicyclic) bond motifs is 2. The third-order valence-electron chi connectivity index (χ3n) is 7.28. The topological polar surface area (TPSA) is 156 Å². The third kappa shape index (κ3) is 7.43. The monoisotopic (exact) mass is 649 g/mol. The number of nitrogens with two attached hydrogens (primary N) is 1. The Balaban J connectivity index is 1.37.